The third-order valence-electron chi connectivity index (χ3n) is 3.44. The van der Waals surface area contributed by atoms with Crippen molar-refractivity contribution in [3.63, 3.8) is 0 Å². The summed E-state index contributed by atoms with van der Waals surface area (Å²) in [5, 5.41) is 12.1. The number of aromatic nitrogens is 2. The number of H-pyrrole nitrogens is 1. The Labute approximate surface area is 112 Å². The molecule has 1 aromatic heterocycles. The Morgan fingerprint density at radius 3 is 2.63 bits per heavy atom. The van der Waals surface area contributed by atoms with Crippen LogP contribution in [0.15, 0.2) is 48.5 Å². The van der Waals surface area contributed by atoms with Gasteiger partial charge in [0.25, 0.3) is 0 Å². The molecule has 1 heterocycles. The van der Waals surface area contributed by atoms with Crippen LogP contribution in [0, 0.1) is 6.92 Å². The van der Waals surface area contributed by atoms with E-state index in [9.17, 15) is 0 Å². The van der Waals surface area contributed by atoms with E-state index < -0.39 is 0 Å². The van der Waals surface area contributed by atoms with Gasteiger partial charge < -0.3 is 5.32 Å². The second-order valence-electron chi connectivity index (χ2n) is 4.81. The number of aromatic amines is 1. The molecule has 96 valence electrons. The summed E-state index contributed by atoms with van der Waals surface area (Å²) in [6.07, 6.45) is 0. The fourth-order valence-corrected chi connectivity index (χ4v) is 2.41. The maximum Gasteiger partial charge on any atom is 0.0690 e. The molecule has 0 aliphatic heterocycles. The molecule has 0 bridgehead atoms. The van der Waals surface area contributed by atoms with Gasteiger partial charge >= 0.3 is 0 Å². The van der Waals surface area contributed by atoms with Gasteiger partial charge in [-0.3, -0.25) is 5.10 Å². The lowest BCUT2D eigenvalue weighted by molar-refractivity contribution is 0.887. The van der Waals surface area contributed by atoms with Crippen molar-refractivity contribution in [3.8, 4) is 0 Å². The molecule has 19 heavy (non-hydrogen) atoms. The summed E-state index contributed by atoms with van der Waals surface area (Å²) in [6.45, 7) is 4.20. The van der Waals surface area contributed by atoms with Gasteiger partial charge in [-0.2, -0.15) is 5.10 Å². The zero-order chi connectivity index (χ0) is 13.2. The van der Waals surface area contributed by atoms with Gasteiger partial charge in [0.05, 0.1) is 11.2 Å². The minimum Gasteiger partial charge on any atom is -0.378 e. The van der Waals surface area contributed by atoms with Gasteiger partial charge in [-0.05, 0) is 31.5 Å². The van der Waals surface area contributed by atoms with Crippen LogP contribution in [-0.2, 0) is 0 Å². The standard InChI is InChI=1S/C16H17N3/c1-11(13-7-4-3-5-8-13)17-14-9-6-10-15-16(14)12(2)18-19-15/h3-11,17H,1-2H3,(H,18,19)/t11-/m0/s1. The van der Waals surface area contributed by atoms with Crippen LogP contribution in [0.1, 0.15) is 24.2 Å². The Kier molecular flexibility index (Phi) is 2.95. The molecular weight excluding hydrogens is 234 g/mol. The fourth-order valence-electron chi connectivity index (χ4n) is 2.41. The Morgan fingerprint density at radius 2 is 1.84 bits per heavy atom. The maximum atomic E-state index is 4.27. The third-order valence-corrected chi connectivity index (χ3v) is 3.44. The van der Waals surface area contributed by atoms with Crippen LogP contribution in [0.25, 0.3) is 10.9 Å². The van der Waals surface area contributed by atoms with Crippen LogP contribution in [-0.4, -0.2) is 10.2 Å². The summed E-state index contributed by atoms with van der Waals surface area (Å²) in [5.41, 5.74) is 4.50. The molecule has 0 spiro atoms. The first-order chi connectivity index (χ1) is 9.25. The number of benzene rings is 2. The molecule has 0 amide bonds. The van der Waals surface area contributed by atoms with E-state index in [1.165, 1.54) is 10.9 Å². The minimum atomic E-state index is 0.265. The highest BCUT2D eigenvalue weighted by Gasteiger charge is 2.10. The van der Waals surface area contributed by atoms with E-state index in [0.717, 1.165) is 16.9 Å². The molecule has 0 saturated heterocycles. The van der Waals surface area contributed by atoms with E-state index in [1.54, 1.807) is 0 Å². The highest BCUT2D eigenvalue weighted by Crippen LogP contribution is 2.28. The smallest absolute Gasteiger partial charge is 0.0690 e. The first-order valence-electron chi connectivity index (χ1n) is 6.51. The molecule has 3 nitrogen and oxygen atoms in total. The van der Waals surface area contributed by atoms with Crippen molar-refractivity contribution in [2.24, 2.45) is 0 Å². The molecule has 1 atom stereocenters. The number of fused-ring (bicyclic) bond motifs is 1. The lowest BCUT2D eigenvalue weighted by Gasteiger charge is -2.16. The fraction of sp³-hybridized carbons (Fsp3) is 0.188. The summed E-state index contributed by atoms with van der Waals surface area (Å²) in [5.74, 6) is 0. The van der Waals surface area contributed by atoms with Gasteiger partial charge in [0.1, 0.15) is 0 Å². The molecule has 3 heteroatoms. The maximum absolute atomic E-state index is 4.27. The van der Waals surface area contributed by atoms with E-state index in [0.29, 0.717) is 0 Å². The van der Waals surface area contributed by atoms with Gasteiger partial charge in [0.15, 0.2) is 0 Å². The lowest BCUT2D eigenvalue weighted by Crippen LogP contribution is -2.06. The molecule has 3 aromatic rings. The minimum absolute atomic E-state index is 0.265. The van der Waals surface area contributed by atoms with E-state index in [4.69, 9.17) is 0 Å². The number of rotatable bonds is 3. The Bertz CT molecular complexity index is 686. The molecule has 2 N–H and O–H groups in total. The van der Waals surface area contributed by atoms with Crippen LogP contribution < -0.4 is 5.32 Å². The highest BCUT2D eigenvalue weighted by molar-refractivity contribution is 5.93. The number of aryl methyl sites for hydroxylation is 1. The number of nitrogens with one attached hydrogen (secondary N) is 2. The predicted octanol–water partition coefficient (Wildman–Crippen LogP) is 4.04. The van der Waals surface area contributed by atoms with Crippen molar-refractivity contribution in [1.29, 1.82) is 0 Å². The van der Waals surface area contributed by atoms with Crippen molar-refractivity contribution in [3.05, 3.63) is 59.8 Å². The van der Waals surface area contributed by atoms with Crippen LogP contribution in [0.4, 0.5) is 5.69 Å². The van der Waals surface area contributed by atoms with Crippen molar-refractivity contribution in [2.75, 3.05) is 5.32 Å². The van der Waals surface area contributed by atoms with Crippen LogP contribution in [0.2, 0.25) is 0 Å². The van der Waals surface area contributed by atoms with Crippen molar-refractivity contribution >= 4 is 16.6 Å². The Balaban J connectivity index is 1.95. The summed E-state index contributed by atoms with van der Waals surface area (Å²) in [7, 11) is 0. The molecule has 2 aromatic carbocycles. The van der Waals surface area contributed by atoms with E-state index in [2.05, 4.69) is 52.8 Å². The largest absolute Gasteiger partial charge is 0.378 e. The summed E-state index contributed by atoms with van der Waals surface area (Å²) in [6, 6.07) is 16.9. The molecule has 0 saturated carbocycles. The summed E-state index contributed by atoms with van der Waals surface area (Å²) < 4.78 is 0. The average Bonchev–Trinajstić information content (AvgIpc) is 2.83. The molecule has 0 radical (unpaired) electrons. The van der Waals surface area contributed by atoms with Crippen molar-refractivity contribution in [1.82, 2.24) is 10.2 Å². The van der Waals surface area contributed by atoms with Gasteiger partial charge in [-0.25, -0.2) is 0 Å². The number of anilines is 1. The van der Waals surface area contributed by atoms with Gasteiger partial charge in [0.2, 0.25) is 0 Å². The van der Waals surface area contributed by atoms with E-state index >= 15 is 0 Å². The first kappa shape index (κ1) is 11.8. The van der Waals surface area contributed by atoms with Crippen LogP contribution in [0.5, 0.6) is 0 Å². The molecule has 3 rings (SSSR count). The Hall–Kier alpha value is -2.29. The van der Waals surface area contributed by atoms with Gasteiger partial charge in [-0.1, -0.05) is 36.4 Å². The van der Waals surface area contributed by atoms with Crippen LogP contribution >= 0.6 is 0 Å². The SMILES string of the molecule is Cc1n[nH]c2cccc(N[C@@H](C)c3ccccc3)c12. The number of hydrogen-bond acceptors (Lipinski definition) is 2. The zero-order valence-corrected chi connectivity index (χ0v) is 11.1. The molecular formula is C16H17N3. The van der Waals surface area contributed by atoms with Gasteiger partial charge in [0, 0.05) is 17.1 Å². The molecule has 0 unspecified atom stereocenters. The Morgan fingerprint density at radius 1 is 1.05 bits per heavy atom. The number of hydrogen-bond donors (Lipinski definition) is 2. The molecule has 0 aliphatic rings. The zero-order valence-electron chi connectivity index (χ0n) is 11.1. The summed E-state index contributed by atoms with van der Waals surface area (Å²) in [4.78, 5) is 0. The topological polar surface area (TPSA) is 40.7 Å². The number of nitrogens with zero attached hydrogens (tertiary/aromatic N) is 1. The van der Waals surface area contributed by atoms with E-state index in [-0.39, 0.29) is 6.04 Å². The second kappa shape index (κ2) is 4.76. The monoisotopic (exact) mass is 251 g/mol. The molecule has 0 fully saturated rings. The quantitative estimate of drug-likeness (QED) is 0.737. The lowest BCUT2D eigenvalue weighted by atomic mass is 10.1. The van der Waals surface area contributed by atoms with Crippen LogP contribution in [0.3, 0.4) is 0 Å². The van der Waals surface area contributed by atoms with Crippen molar-refractivity contribution in [2.45, 2.75) is 19.9 Å². The highest BCUT2D eigenvalue weighted by atomic mass is 15.1. The normalized spacial score (nSPS) is 12.5. The average molecular weight is 251 g/mol. The first-order valence-corrected chi connectivity index (χ1v) is 6.51. The van der Waals surface area contributed by atoms with Crippen molar-refractivity contribution < 1.29 is 0 Å². The molecule has 0 aliphatic carbocycles. The van der Waals surface area contributed by atoms with E-state index in [1.807, 2.05) is 25.1 Å². The third kappa shape index (κ3) is 2.19. The second-order valence-corrected chi connectivity index (χ2v) is 4.81. The van der Waals surface area contributed by atoms with Gasteiger partial charge in [-0.15, -0.1) is 0 Å². The predicted molar refractivity (Wildman–Crippen MR) is 79.3 cm³/mol. The summed E-state index contributed by atoms with van der Waals surface area (Å²) >= 11 is 0.